The number of piperidine rings is 1. The van der Waals surface area contributed by atoms with E-state index in [1.54, 1.807) is 0 Å². The Morgan fingerprint density at radius 1 is 1.00 bits per heavy atom. The van der Waals surface area contributed by atoms with Crippen LogP contribution in [0.25, 0.3) is 5.69 Å². The number of benzene rings is 2. The molecular weight excluding hydrogens is 376 g/mol. The van der Waals surface area contributed by atoms with Gasteiger partial charge in [-0.15, -0.1) is 0 Å². The highest BCUT2D eigenvalue weighted by Gasteiger charge is 2.24. The van der Waals surface area contributed by atoms with Gasteiger partial charge in [0.15, 0.2) is 11.5 Å². The maximum atomic E-state index is 5.53. The Labute approximate surface area is 177 Å². The molecule has 1 aromatic heterocycles. The highest BCUT2D eigenvalue weighted by molar-refractivity contribution is 5.57. The summed E-state index contributed by atoms with van der Waals surface area (Å²) in [6.07, 6.45) is 4.23. The first-order valence-corrected chi connectivity index (χ1v) is 10.7. The molecule has 0 amide bonds. The number of anilines is 1. The van der Waals surface area contributed by atoms with Crippen LogP contribution in [0.3, 0.4) is 0 Å². The fourth-order valence-corrected chi connectivity index (χ4v) is 4.51. The van der Waals surface area contributed by atoms with Crippen LogP contribution in [0.5, 0.6) is 11.5 Å². The van der Waals surface area contributed by atoms with Gasteiger partial charge in [-0.2, -0.15) is 5.10 Å². The van der Waals surface area contributed by atoms with Crippen LogP contribution in [-0.4, -0.2) is 35.7 Å². The third-order valence-corrected chi connectivity index (χ3v) is 6.22. The summed E-state index contributed by atoms with van der Waals surface area (Å²) < 4.78 is 13.0. The minimum Gasteiger partial charge on any atom is -0.454 e. The van der Waals surface area contributed by atoms with E-state index < -0.39 is 0 Å². The minimum atomic E-state index is 0.268. The van der Waals surface area contributed by atoms with E-state index in [9.17, 15) is 0 Å². The van der Waals surface area contributed by atoms with Gasteiger partial charge in [0.25, 0.3) is 0 Å². The van der Waals surface area contributed by atoms with Crippen molar-refractivity contribution in [2.75, 3.05) is 24.8 Å². The average molecular weight is 405 g/mol. The van der Waals surface area contributed by atoms with E-state index in [-0.39, 0.29) is 6.04 Å². The van der Waals surface area contributed by atoms with Gasteiger partial charge in [0.1, 0.15) is 0 Å². The summed E-state index contributed by atoms with van der Waals surface area (Å²) in [6.45, 7) is 6.78. The Morgan fingerprint density at radius 2 is 1.77 bits per heavy atom. The molecule has 0 radical (unpaired) electrons. The van der Waals surface area contributed by atoms with Gasteiger partial charge in [-0.25, -0.2) is 4.68 Å². The van der Waals surface area contributed by atoms with Crippen molar-refractivity contribution < 1.29 is 9.47 Å². The molecule has 5 rings (SSSR count). The molecule has 30 heavy (non-hydrogen) atoms. The van der Waals surface area contributed by atoms with Crippen LogP contribution in [-0.2, 0) is 0 Å². The van der Waals surface area contributed by atoms with E-state index in [1.807, 2.05) is 35.1 Å². The number of nitrogens with zero attached hydrogens (tertiary/aromatic N) is 3. The number of fused-ring (bicyclic) bond motifs is 1. The molecule has 1 N–H and O–H groups in total. The summed E-state index contributed by atoms with van der Waals surface area (Å²) in [4.78, 5) is 2.43. The highest BCUT2D eigenvalue weighted by atomic mass is 16.7. The van der Waals surface area contributed by atoms with Crippen molar-refractivity contribution in [3.8, 4) is 17.2 Å². The molecule has 1 fully saturated rings. The standard InChI is InChI=1S/C24H28N4O2/c1-17(22-15-25-28(18(22)2)20-6-4-3-5-7-20)26-19-10-12-27(13-11-19)21-8-9-23-24(14-21)30-16-29-23/h3-9,14-15,17,19,26H,10-13,16H2,1-2H3. The van der Waals surface area contributed by atoms with E-state index in [4.69, 9.17) is 9.47 Å². The van der Waals surface area contributed by atoms with Gasteiger partial charge in [0.05, 0.1) is 11.9 Å². The number of aromatic nitrogens is 2. The fraction of sp³-hybridized carbons (Fsp3) is 0.375. The number of hydrogen-bond acceptors (Lipinski definition) is 5. The maximum absolute atomic E-state index is 5.53. The summed E-state index contributed by atoms with van der Waals surface area (Å²) >= 11 is 0. The van der Waals surface area contributed by atoms with E-state index >= 15 is 0 Å². The van der Waals surface area contributed by atoms with Crippen LogP contribution >= 0.6 is 0 Å². The molecule has 1 saturated heterocycles. The average Bonchev–Trinajstić information content (AvgIpc) is 3.41. The summed E-state index contributed by atoms with van der Waals surface area (Å²) in [5.41, 5.74) is 4.77. The summed E-state index contributed by atoms with van der Waals surface area (Å²) in [7, 11) is 0. The van der Waals surface area contributed by atoms with Crippen molar-refractivity contribution in [1.29, 1.82) is 0 Å². The predicted molar refractivity (Wildman–Crippen MR) is 118 cm³/mol. The second-order valence-corrected chi connectivity index (χ2v) is 8.12. The Hall–Kier alpha value is -2.99. The largest absolute Gasteiger partial charge is 0.454 e. The van der Waals surface area contributed by atoms with Crippen molar-refractivity contribution in [1.82, 2.24) is 15.1 Å². The third kappa shape index (κ3) is 3.63. The summed E-state index contributed by atoms with van der Waals surface area (Å²) in [5, 5.41) is 8.46. The van der Waals surface area contributed by atoms with Crippen molar-refractivity contribution >= 4 is 5.69 Å². The van der Waals surface area contributed by atoms with Gasteiger partial charge in [-0.3, -0.25) is 0 Å². The molecule has 1 atom stereocenters. The van der Waals surface area contributed by atoms with Gasteiger partial charge in [-0.05, 0) is 51.0 Å². The topological polar surface area (TPSA) is 51.6 Å². The zero-order chi connectivity index (χ0) is 20.5. The van der Waals surface area contributed by atoms with Crippen LogP contribution in [0, 0.1) is 6.92 Å². The fourth-order valence-electron chi connectivity index (χ4n) is 4.51. The molecule has 3 aromatic rings. The number of ether oxygens (including phenoxy) is 2. The molecule has 2 aromatic carbocycles. The van der Waals surface area contributed by atoms with Crippen molar-refractivity contribution in [2.45, 2.75) is 38.8 Å². The monoisotopic (exact) mass is 404 g/mol. The second-order valence-electron chi connectivity index (χ2n) is 8.12. The maximum Gasteiger partial charge on any atom is 0.231 e. The predicted octanol–water partition coefficient (Wildman–Crippen LogP) is 4.23. The highest BCUT2D eigenvalue weighted by Crippen LogP contribution is 2.36. The van der Waals surface area contributed by atoms with Crippen LogP contribution in [0.2, 0.25) is 0 Å². The minimum absolute atomic E-state index is 0.268. The molecule has 6 nitrogen and oxygen atoms in total. The molecule has 0 spiro atoms. The van der Waals surface area contributed by atoms with Crippen LogP contribution in [0.1, 0.15) is 37.1 Å². The molecule has 1 unspecified atom stereocenters. The van der Waals surface area contributed by atoms with Gasteiger partial charge in [0.2, 0.25) is 6.79 Å². The quantitative estimate of drug-likeness (QED) is 0.690. The molecule has 2 aliphatic rings. The molecule has 0 saturated carbocycles. The zero-order valence-corrected chi connectivity index (χ0v) is 17.5. The van der Waals surface area contributed by atoms with E-state index in [0.29, 0.717) is 12.8 Å². The molecule has 156 valence electrons. The van der Waals surface area contributed by atoms with Crippen molar-refractivity contribution in [3.05, 3.63) is 66.0 Å². The number of nitrogens with one attached hydrogen (secondary N) is 1. The van der Waals surface area contributed by atoms with Gasteiger partial charge >= 0.3 is 0 Å². The number of hydrogen-bond donors (Lipinski definition) is 1. The molecule has 2 aliphatic heterocycles. The van der Waals surface area contributed by atoms with E-state index in [0.717, 1.165) is 43.1 Å². The van der Waals surface area contributed by atoms with Crippen LogP contribution in [0.4, 0.5) is 5.69 Å². The van der Waals surface area contributed by atoms with E-state index in [1.165, 1.54) is 16.9 Å². The molecule has 0 aliphatic carbocycles. The lowest BCUT2D eigenvalue weighted by Crippen LogP contribution is -2.43. The van der Waals surface area contributed by atoms with Crippen molar-refractivity contribution in [2.24, 2.45) is 0 Å². The molecule has 3 heterocycles. The molecular formula is C24H28N4O2. The first-order chi connectivity index (χ1) is 14.7. The normalized spacial score (nSPS) is 17.3. The Bertz CT molecular complexity index is 1010. The SMILES string of the molecule is Cc1c(C(C)NC2CCN(c3ccc4c(c3)OCO4)CC2)cnn1-c1ccccc1. The summed E-state index contributed by atoms with van der Waals surface area (Å²) in [6, 6.07) is 17.3. The summed E-state index contributed by atoms with van der Waals surface area (Å²) in [5.74, 6) is 1.70. The lowest BCUT2D eigenvalue weighted by Gasteiger charge is -2.35. The number of rotatable bonds is 5. The van der Waals surface area contributed by atoms with Gasteiger partial charge in [0, 0.05) is 48.2 Å². The van der Waals surface area contributed by atoms with E-state index in [2.05, 4.69) is 53.4 Å². The Morgan fingerprint density at radius 3 is 2.57 bits per heavy atom. The smallest absolute Gasteiger partial charge is 0.231 e. The van der Waals surface area contributed by atoms with Crippen LogP contribution in [0.15, 0.2) is 54.7 Å². The second kappa shape index (κ2) is 8.03. The zero-order valence-electron chi connectivity index (χ0n) is 17.5. The lowest BCUT2D eigenvalue weighted by atomic mass is 10.0. The molecule has 0 bridgehead atoms. The Kier molecular flexibility index (Phi) is 5.09. The first-order valence-electron chi connectivity index (χ1n) is 10.7. The molecule has 6 heteroatoms. The lowest BCUT2D eigenvalue weighted by molar-refractivity contribution is 0.174. The first kappa shape index (κ1) is 19.0. The van der Waals surface area contributed by atoms with Gasteiger partial charge < -0.3 is 19.7 Å². The van der Waals surface area contributed by atoms with Gasteiger partial charge in [-0.1, -0.05) is 18.2 Å². The Balaban J connectivity index is 1.20. The third-order valence-electron chi connectivity index (χ3n) is 6.22. The van der Waals surface area contributed by atoms with Crippen molar-refractivity contribution in [3.63, 3.8) is 0 Å². The van der Waals surface area contributed by atoms with Crippen LogP contribution < -0.4 is 19.7 Å². The number of para-hydroxylation sites is 1.